The van der Waals surface area contributed by atoms with Crippen molar-refractivity contribution < 1.29 is 0 Å². The Hall–Kier alpha value is -3.23. The van der Waals surface area contributed by atoms with Gasteiger partial charge < -0.3 is 0 Å². The van der Waals surface area contributed by atoms with Gasteiger partial charge in [-0.3, -0.25) is 0 Å². The Morgan fingerprint density at radius 1 is 0.593 bits per heavy atom. The third-order valence-electron chi connectivity index (χ3n) is 4.77. The van der Waals surface area contributed by atoms with Crippen molar-refractivity contribution >= 4 is 33.1 Å². The number of hydrogen-bond donors (Lipinski definition) is 0. The van der Waals surface area contributed by atoms with E-state index < -0.39 is 0 Å². The fourth-order valence-corrected chi connectivity index (χ4v) is 3.65. The van der Waals surface area contributed by atoms with Crippen molar-refractivity contribution in [2.24, 2.45) is 0 Å². The summed E-state index contributed by atoms with van der Waals surface area (Å²) < 4.78 is 0. The zero-order valence-electron chi connectivity index (χ0n) is 14.4. The van der Waals surface area contributed by atoms with Gasteiger partial charge in [0, 0.05) is 17.2 Å². The molecule has 0 fully saturated rings. The van der Waals surface area contributed by atoms with E-state index in [4.69, 9.17) is 16.6 Å². The van der Waals surface area contributed by atoms with Crippen molar-refractivity contribution in [1.29, 1.82) is 0 Å². The topological polar surface area (TPSA) is 25.8 Å². The van der Waals surface area contributed by atoms with E-state index in [1.807, 2.05) is 42.5 Å². The third kappa shape index (κ3) is 2.94. The monoisotopic (exact) mass is 366 g/mol. The zero-order valence-corrected chi connectivity index (χ0v) is 15.2. The summed E-state index contributed by atoms with van der Waals surface area (Å²) >= 11 is 6.37. The highest BCUT2D eigenvalue weighted by Crippen LogP contribution is 2.31. The largest absolute Gasteiger partial charge is 0.228 e. The number of rotatable bonds is 2. The normalized spacial score (nSPS) is 11.1. The molecule has 0 amide bonds. The average Bonchev–Trinajstić information content (AvgIpc) is 2.72. The van der Waals surface area contributed by atoms with Crippen LogP contribution in [0.15, 0.2) is 91.0 Å². The van der Waals surface area contributed by atoms with E-state index >= 15 is 0 Å². The van der Waals surface area contributed by atoms with Gasteiger partial charge in [0.05, 0.1) is 5.69 Å². The SMILES string of the molecule is Clc1cc(-c2cccc3ccccc23)nc(-c2ccc3ccccc3c2)n1. The molecule has 0 unspecified atom stereocenters. The molecule has 0 saturated heterocycles. The molecule has 128 valence electrons. The first kappa shape index (κ1) is 16.0. The number of fused-ring (bicyclic) bond motifs is 2. The number of hydrogen-bond acceptors (Lipinski definition) is 2. The first-order chi connectivity index (χ1) is 13.3. The van der Waals surface area contributed by atoms with E-state index in [-0.39, 0.29) is 0 Å². The molecule has 0 radical (unpaired) electrons. The Morgan fingerprint density at radius 3 is 2.22 bits per heavy atom. The molecule has 3 heteroatoms. The maximum atomic E-state index is 6.37. The lowest BCUT2D eigenvalue weighted by molar-refractivity contribution is 1.18. The predicted molar refractivity (Wildman–Crippen MR) is 113 cm³/mol. The minimum Gasteiger partial charge on any atom is -0.228 e. The van der Waals surface area contributed by atoms with Crippen LogP contribution in [0.25, 0.3) is 44.2 Å². The van der Waals surface area contributed by atoms with Crippen molar-refractivity contribution in [2.75, 3.05) is 0 Å². The Bertz CT molecular complexity index is 1290. The lowest BCUT2D eigenvalue weighted by Gasteiger charge is -2.09. The first-order valence-electron chi connectivity index (χ1n) is 8.80. The van der Waals surface area contributed by atoms with Gasteiger partial charge in [0.1, 0.15) is 5.15 Å². The Morgan fingerprint density at radius 2 is 1.33 bits per heavy atom. The second kappa shape index (κ2) is 6.49. The fourth-order valence-electron chi connectivity index (χ4n) is 3.46. The number of nitrogens with zero attached hydrogens (tertiary/aromatic N) is 2. The van der Waals surface area contributed by atoms with Gasteiger partial charge in [-0.15, -0.1) is 0 Å². The minimum absolute atomic E-state index is 0.441. The van der Waals surface area contributed by atoms with Crippen LogP contribution in [0.2, 0.25) is 5.15 Å². The van der Waals surface area contributed by atoms with Crippen LogP contribution in [0.5, 0.6) is 0 Å². The highest BCUT2D eigenvalue weighted by Gasteiger charge is 2.10. The molecule has 0 aliphatic rings. The van der Waals surface area contributed by atoms with Crippen LogP contribution in [-0.4, -0.2) is 9.97 Å². The van der Waals surface area contributed by atoms with Crippen LogP contribution < -0.4 is 0 Å². The zero-order chi connectivity index (χ0) is 18.2. The molecule has 1 heterocycles. The van der Waals surface area contributed by atoms with E-state index in [1.165, 1.54) is 10.8 Å². The smallest absolute Gasteiger partial charge is 0.161 e. The van der Waals surface area contributed by atoms with E-state index in [9.17, 15) is 0 Å². The van der Waals surface area contributed by atoms with Crippen LogP contribution in [0.3, 0.4) is 0 Å². The Labute approximate surface area is 162 Å². The van der Waals surface area contributed by atoms with E-state index in [1.54, 1.807) is 0 Å². The van der Waals surface area contributed by atoms with Gasteiger partial charge in [0.2, 0.25) is 0 Å². The molecule has 0 aliphatic carbocycles. The van der Waals surface area contributed by atoms with Gasteiger partial charge in [-0.1, -0.05) is 90.5 Å². The Kier molecular flexibility index (Phi) is 3.84. The fraction of sp³-hybridized carbons (Fsp3) is 0. The van der Waals surface area contributed by atoms with Gasteiger partial charge in [0.15, 0.2) is 5.82 Å². The van der Waals surface area contributed by atoms with Crippen LogP contribution in [0.4, 0.5) is 0 Å². The second-order valence-electron chi connectivity index (χ2n) is 6.49. The summed E-state index contributed by atoms with van der Waals surface area (Å²) in [6.07, 6.45) is 0. The summed E-state index contributed by atoms with van der Waals surface area (Å²) in [6.45, 7) is 0. The van der Waals surface area contributed by atoms with E-state index in [2.05, 4.69) is 53.5 Å². The lowest BCUT2D eigenvalue weighted by atomic mass is 10.0. The standard InChI is InChI=1S/C24H15ClN2/c25-23-15-22(21-11-5-9-17-7-3-4-10-20(17)21)26-24(27-23)19-13-12-16-6-1-2-8-18(16)14-19/h1-15H. The highest BCUT2D eigenvalue weighted by atomic mass is 35.5. The lowest BCUT2D eigenvalue weighted by Crippen LogP contribution is -1.94. The predicted octanol–water partition coefficient (Wildman–Crippen LogP) is 6.77. The van der Waals surface area contributed by atoms with Crippen LogP contribution in [0, 0.1) is 0 Å². The Balaban J connectivity index is 1.70. The molecule has 0 bridgehead atoms. The molecule has 0 atom stereocenters. The molecule has 2 nitrogen and oxygen atoms in total. The second-order valence-corrected chi connectivity index (χ2v) is 6.88. The first-order valence-corrected chi connectivity index (χ1v) is 9.18. The summed E-state index contributed by atoms with van der Waals surface area (Å²) in [4.78, 5) is 9.31. The molecule has 0 aliphatic heterocycles. The van der Waals surface area contributed by atoms with Gasteiger partial charge >= 0.3 is 0 Å². The molecular weight excluding hydrogens is 352 g/mol. The van der Waals surface area contributed by atoms with Crippen molar-refractivity contribution in [2.45, 2.75) is 0 Å². The maximum absolute atomic E-state index is 6.37. The number of aromatic nitrogens is 2. The van der Waals surface area contributed by atoms with Crippen molar-refractivity contribution in [3.8, 4) is 22.6 Å². The molecule has 0 spiro atoms. The summed E-state index contributed by atoms with van der Waals surface area (Å²) in [5.41, 5.74) is 2.84. The maximum Gasteiger partial charge on any atom is 0.161 e. The van der Waals surface area contributed by atoms with Gasteiger partial charge in [-0.2, -0.15) is 0 Å². The summed E-state index contributed by atoms with van der Waals surface area (Å²) in [7, 11) is 0. The van der Waals surface area contributed by atoms with E-state index in [0.29, 0.717) is 11.0 Å². The van der Waals surface area contributed by atoms with Gasteiger partial charge in [0.25, 0.3) is 0 Å². The molecule has 0 saturated carbocycles. The minimum atomic E-state index is 0.441. The number of halogens is 1. The van der Waals surface area contributed by atoms with Crippen LogP contribution >= 0.6 is 11.6 Å². The number of benzene rings is 4. The van der Waals surface area contributed by atoms with Gasteiger partial charge in [-0.05, 0) is 27.6 Å². The third-order valence-corrected chi connectivity index (χ3v) is 4.96. The van der Waals surface area contributed by atoms with Crippen molar-refractivity contribution in [3.63, 3.8) is 0 Å². The quantitative estimate of drug-likeness (QED) is 0.322. The van der Waals surface area contributed by atoms with E-state index in [0.717, 1.165) is 27.6 Å². The molecule has 1 aromatic heterocycles. The molecule has 27 heavy (non-hydrogen) atoms. The molecular formula is C24H15ClN2. The van der Waals surface area contributed by atoms with Gasteiger partial charge in [-0.25, -0.2) is 9.97 Å². The highest BCUT2D eigenvalue weighted by molar-refractivity contribution is 6.29. The molecule has 0 N–H and O–H groups in total. The van der Waals surface area contributed by atoms with Crippen molar-refractivity contribution in [1.82, 2.24) is 9.97 Å². The molecule has 4 aromatic carbocycles. The summed E-state index contributed by atoms with van der Waals surface area (Å²) in [5.74, 6) is 0.635. The summed E-state index contributed by atoms with van der Waals surface area (Å²) in [5, 5.41) is 5.12. The average molecular weight is 367 g/mol. The summed E-state index contributed by atoms with van der Waals surface area (Å²) in [6, 6.07) is 30.8. The molecule has 5 rings (SSSR count). The van der Waals surface area contributed by atoms with Crippen molar-refractivity contribution in [3.05, 3.63) is 96.1 Å². The molecule has 5 aromatic rings. The van der Waals surface area contributed by atoms with Crippen LogP contribution in [0.1, 0.15) is 0 Å². The van der Waals surface area contributed by atoms with Crippen LogP contribution in [-0.2, 0) is 0 Å².